The number of hydrogen-bond donors (Lipinski definition) is 1. The van der Waals surface area contributed by atoms with Gasteiger partial charge in [-0.05, 0) is 23.9 Å². The maximum Gasteiger partial charge on any atom is 0.0957 e. The molecule has 4 nitrogen and oxygen atoms in total. The first-order valence-corrected chi connectivity index (χ1v) is 7.94. The Kier molecular flexibility index (Phi) is 4.01. The molecule has 2 N–H and O–H groups in total. The zero-order valence-corrected chi connectivity index (χ0v) is 12.8. The highest BCUT2D eigenvalue weighted by molar-refractivity contribution is 7.10. The zero-order chi connectivity index (χ0) is 14.7. The van der Waals surface area contributed by atoms with Crippen LogP contribution in [-0.2, 0) is 0 Å². The van der Waals surface area contributed by atoms with Gasteiger partial charge in [0.1, 0.15) is 0 Å². The van der Waals surface area contributed by atoms with E-state index < -0.39 is 0 Å². The summed E-state index contributed by atoms with van der Waals surface area (Å²) in [6.07, 6.45) is 9.46. The molecule has 0 bridgehead atoms. The van der Waals surface area contributed by atoms with Crippen molar-refractivity contribution >= 4 is 17.0 Å². The number of thiophene rings is 1. The molecule has 0 aromatic carbocycles. The Morgan fingerprint density at radius 1 is 1.29 bits per heavy atom. The monoisotopic (exact) mass is 298 g/mol. The number of anilines is 1. The number of pyridine rings is 1. The molecule has 0 amide bonds. The summed E-state index contributed by atoms with van der Waals surface area (Å²) in [5, 5.41) is 2.12. The summed E-state index contributed by atoms with van der Waals surface area (Å²) in [4.78, 5) is 9.87. The van der Waals surface area contributed by atoms with Crippen LogP contribution in [0.2, 0.25) is 0 Å². The fourth-order valence-electron chi connectivity index (χ4n) is 2.55. The average molecular weight is 298 g/mol. The molecule has 5 heteroatoms. The molecule has 1 atom stereocenters. The molecule has 0 spiro atoms. The molecular formula is C16H18N4S. The zero-order valence-electron chi connectivity index (χ0n) is 11.9. The van der Waals surface area contributed by atoms with E-state index in [1.54, 1.807) is 23.7 Å². The average Bonchev–Trinajstić information content (AvgIpc) is 3.17. The second-order valence-electron chi connectivity index (χ2n) is 4.97. The van der Waals surface area contributed by atoms with Crippen LogP contribution >= 0.6 is 11.3 Å². The summed E-state index contributed by atoms with van der Waals surface area (Å²) >= 11 is 1.78. The van der Waals surface area contributed by atoms with Gasteiger partial charge in [-0.2, -0.15) is 0 Å². The van der Waals surface area contributed by atoms with Gasteiger partial charge in [0.05, 0.1) is 24.3 Å². The van der Waals surface area contributed by atoms with Gasteiger partial charge in [-0.25, -0.2) is 4.98 Å². The lowest BCUT2D eigenvalue weighted by molar-refractivity contribution is 0.545. The number of imidazole rings is 1. The van der Waals surface area contributed by atoms with Crippen LogP contribution in [0.3, 0.4) is 0 Å². The highest BCUT2D eigenvalue weighted by Gasteiger charge is 2.18. The van der Waals surface area contributed by atoms with E-state index in [0.29, 0.717) is 6.04 Å². The summed E-state index contributed by atoms with van der Waals surface area (Å²) in [5.74, 6) is 0. The van der Waals surface area contributed by atoms with Crippen LogP contribution in [0.1, 0.15) is 30.7 Å². The van der Waals surface area contributed by atoms with Gasteiger partial charge in [0, 0.05) is 28.5 Å². The topological polar surface area (TPSA) is 56.7 Å². The molecule has 3 rings (SSSR count). The van der Waals surface area contributed by atoms with Gasteiger partial charge in [-0.15, -0.1) is 11.3 Å². The predicted molar refractivity (Wildman–Crippen MR) is 87.2 cm³/mol. The van der Waals surface area contributed by atoms with Crippen LogP contribution in [0.4, 0.5) is 5.69 Å². The van der Waals surface area contributed by atoms with Crippen molar-refractivity contribution in [1.29, 1.82) is 0 Å². The number of hydrogen-bond acceptors (Lipinski definition) is 4. The van der Waals surface area contributed by atoms with Gasteiger partial charge >= 0.3 is 0 Å². The van der Waals surface area contributed by atoms with E-state index in [1.807, 2.05) is 18.6 Å². The number of rotatable bonds is 5. The van der Waals surface area contributed by atoms with Gasteiger partial charge in [0.25, 0.3) is 0 Å². The van der Waals surface area contributed by atoms with Crippen LogP contribution in [0.5, 0.6) is 0 Å². The van der Waals surface area contributed by atoms with E-state index in [4.69, 9.17) is 5.73 Å². The van der Waals surface area contributed by atoms with Gasteiger partial charge in [-0.3, -0.25) is 4.98 Å². The SMILES string of the molecule is CCCC(c1cccs1)n1cncc1-c1cnccc1N. The first kappa shape index (κ1) is 13.8. The number of aromatic nitrogens is 3. The van der Waals surface area contributed by atoms with Gasteiger partial charge in [0.2, 0.25) is 0 Å². The van der Waals surface area contributed by atoms with Gasteiger partial charge in [-0.1, -0.05) is 19.4 Å². The highest BCUT2D eigenvalue weighted by atomic mass is 32.1. The van der Waals surface area contributed by atoms with E-state index in [-0.39, 0.29) is 0 Å². The molecule has 0 aliphatic carbocycles. The molecule has 0 saturated heterocycles. The Morgan fingerprint density at radius 3 is 2.90 bits per heavy atom. The fourth-order valence-corrected chi connectivity index (χ4v) is 3.41. The minimum Gasteiger partial charge on any atom is -0.398 e. The van der Waals surface area contributed by atoms with Gasteiger partial charge in [0.15, 0.2) is 0 Å². The van der Waals surface area contributed by atoms with Crippen molar-refractivity contribution in [2.45, 2.75) is 25.8 Å². The summed E-state index contributed by atoms with van der Waals surface area (Å²) in [6.45, 7) is 2.20. The molecule has 3 aromatic rings. The Bertz CT molecular complexity index is 703. The third-order valence-corrected chi connectivity index (χ3v) is 4.54. The van der Waals surface area contributed by atoms with Crippen molar-refractivity contribution in [2.24, 2.45) is 0 Å². The van der Waals surface area contributed by atoms with Crippen LogP contribution in [0.25, 0.3) is 11.3 Å². The largest absolute Gasteiger partial charge is 0.398 e. The van der Waals surface area contributed by atoms with Crippen molar-refractivity contribution in [1.82, 2.24) is 14.5 Å². The molecule has 21 heavy (non-hydrogen) atoms. The normalized spacial score (nSPS) is 12.4. The highest BCUT2D eigenvalue weighted by Crippen LogP contribution is 2.33. The van der Waals surface area contributed by atoms with E-state index in [9.17, 15) is 0 Å². The smallest absolute Gasteiger partial charge is 0.0957 e. The number of nitrogens with two attached hydrogens (primary N) is 1. The molecular weight excluding hydrogens is 280 g/mol. The lowest BCUT2D eigenvalue weighted by atomic mass is 10.1. The number of nitrogens with zero attached hydrogens (tertiary/aromatic N) is 3. The summed E-state index contributed by atoms with van der Waals surface area (Å²) in [5.41, 5.74) is 8.78. The van der Waals surface area contributed by atoms with Crippen LogP contribution in [-0.4, -0.2) is 14.5 Å². The third-order valence-electron chi connectivity index (χ3n) is 3.57. The molecule has 108 valence electrons. The van der Waals surface area contributed by atoms with Crippen LogP contribution in [0, 0.1) is 0 Å². The first-order valence-electron chi connectivity index (χ1n) is 7.06. The lowest BCUT2D eigenvalue weighted by Crippen LogP contribution is -2.10. The van der Waals surface area contributed by atoms with E-state index >= 15 is 0 Å². The number of nitrogen functional groups attached to an aromatic ring is 1. The van der Waals surface area contributed by atoms with Crippen LogP contribution < -0.4 is 5.73 Å². The minimum atomic E-state index is 0.298. The van der Waals surface area contributed by atoms with Crippen molar-refractivity contribution in [3.8, 4) is 11.3 Å². The molecule has 0 fully saturated rings. The Labute approximate surface area is 128 Å². The standard InChI is InChI=1S/C16H18N4S/c1-2-4-14(16-5-3-8-21-16)20-11-19-10-15(20)12-9-18-7-6-13(12)17/h3,5-11,14H,2,4H2,1H3,(H2,17,18). The Hall–Kier alpha value is -2.14. The molecule has 0 aliphatic heterocycles. The minimum absolute atomic E-state index is 0.298. The molecule has 3 aromatic heterocycles. The Balaban J connectivity index is 2.07. The van der Waals surface area contributed by atoms with Crippen LogP contribution in [0.15, 0.2) is 48.5 Å². The second kappa shape index (κ2) is 6.10. The molecule has 0 aliphatic rings. The summed E-state index contributed by atoms with van der Waals surface area (Å²) < 4.78 is 2.21. The second-order valence-corrected chi connectivity index (χ2v) is 5.95. The quantitative estimate of drug-likeness (QED) is 0.775. The maximum absolute atomic E-state index is 6.09. The molecule has 0 radical (unpaired) electrons. The van der Waals surface area contributed by atoms with Crippen molar-refractivity contribution < 1.29 is 0 Å². The third kappa shape index (κ3) is 2.69. The van der Waals surface area contributed by atoms with E-state index in [2.05, 4.69) is 39.0 Å². The van der Waals surface area contributed by atoms with Crippen molar-refractivity contribution in [3.63, 3.8) is 0 Å². The van der Waals surface area contributed by atoms with E-state index in [0.717, 1.165) is 29.8 Å². The van der Waals surface area contributed by atoms with Gasteiger partial charge < -0.3 is 10.3 Å². The molecule has 1 unspecified atom stereocenters. The van der Waals surface area contributed by atoms with Crippen molar-refractivity contribution in [2.75, 3.05) is 5.73 Å². The van der Waals surface area contributed by atoms with Crippen molar-refractivity contribution in [3.05, 3.63) is 53.4 Å². The lowest BCUT2D eigenvalue weighted by Gasteiger charge is -2.20. The summed E-state index contributed by atoms with van der Waals surface area (Å²) in [6, 6.07) is 6.40. The first-order chi connectivity index (χ1) is 10.3. The summed E-state index contributed by atoms with van der Waals surface area (Å²) in [7, 11) is 0. The fraction of sp³-hybridized carbons (Fsp3) is 0.250. The Morgan fingerprint density at radius 2 is 2.19 bits per heavy atom. The molecule has 3 heterocycles. The molecule has 0 saturated carbocycles. The maximum atomic E-state index is 6.09. The predicted octanol–water partition coefficient (Wildman–Crippen LogP) is 3.98. The van der Waals surface area contributed by atoms with E-state index in [1.165, 1.54) is 4.88 Å².